The van der Waals surface area contributed by atoms with Crippen molar-refractivity contribution in [1.82, 2.24) is 19.7 Å². The normalized spacial score (nSPS) is 19.3. The Morgan fingerprint density at radius 3 is 2.83 bits per heavy atom. The fourth-order valence-corrected chi connectivity index (χ4v) is 3.32. The summed E-state index contributed by atoms with van der Waals surface area (Å²) in [5.41, 5.74) is 0.927. The van der Waals surface area contributed by atoms with Crippen LogP contribution in [0.2, 0.25) is 0 Å². The quantitative estimate of drug-likeness (QED) is 0.758. The number of pyridine rings is 1. The largest absolute Gasteiger partial charge is 0.487 e. The van der Waals surface area contributed by atoms with Gasteiger partial charge in [0.15, 0.2) is 0 Å². The number of aromatic nitrogens is 3. The molecule has 1 fully saturated rings. The van der Waals surface area contributed by atoms with Crippen molar-refractivity contribution in [2.24, 2.45) is 0 Å². The maximum absolute atomic E-state index is 14.9. The first-order valence-electron chi connectivity index (χ1n) is 9.82. The molecular formula is C21H26FN5O3. The fourth-order valence-electron chi connectivity index (χ4n) is 3.32. The number of ether oxygens (including phenoxy) is 2. The third kappa shape index (κ3) is 4.87. The molecule has 0 radical (unpaired) electrons. The third-order valence-corrected chi connectivity index (χ3v) is 4.79. The van der Waals surface area contributed by atoms with Crippen LogP contribution in [-0.4, -0.2) is 50.6 Å². The number of hydrogen-bond donors (Lipinski definition) is 0. The van der Waals surface area contributed by atoms with Gasteiger partial charge in [-0.2, -0.15) is 10.4 Å². The predicted octanol–water partition coefficient (Wildman–Crippen LogP) is 3.56. The summed E-state index contributed by atoms with van der Waals surface area (Å²) in [5, 5.41) is 13.9. The van der Waals surface area contributed by atoms with Gasteiger partial charge in [0.1, 0.15) is 35.9 Å². The van der Waals surface area contributed by atoms with Crippen LogP contribution >= 0.6 is 0 Å². The van der Waals surface area contributed by atoms with Crippen molar-refractivity contribution in [2.45, 2.75) is 58.5 Å². The Morgan fingerprint density at radius 1 is 1.43 bits per heavy atom. The molecule has 3 heterocycles. The number of rotatable bonds is 4. The summed E-state index contributed by atoms with van der Waals surface area (Å²) in [7, 11) is 0. The standard InChI is InChI=1S/C21H26FN5O3/c1-14-19(6-5-8-24-14)29-13-15-11-25-27(18(15)10-23)17-7-9-26(12-16(17)22)20(28)30-21(2,3)4/h5-6,8,11,16-17H,7,9,12-13H2,1-4H3/t16-,17-/m0/s1. The zero-order valence-corrected chi connectivity index (χ0v) is 17.6. The molecule has 1 saturated heterocycles. The van der Waals surface area contributed by atoms with Gasteiger partial charge < -0.3 is 14.4 Å². The molecule has 0 N–H and O–H groups in total. The van der Waals surface area contributed by atoms with E-state index in [1.807, 2.05) is 6.92 Å². The van der Waals surface area contributed by atoms with Crippen LogP contribution < -0.4 is 4.74 Å². The van der Waals surface area contributed by atoms with Gasteiger partial charge in [0.2, 0.25) is 0 Å². The summed E-state index contributed by atoms with van der Waals surface area (Å²) in [5.74, 6) is 0.614. The number of aryl methyl sites for hydroxylation is 1. The summed E-state index contributed by atoms with van der Waals surface area (Å²) in [4.78, 5) is 17.7. The van der Waals surface area contributed by atoms with Crippen molar-refractivity contribution < 1.29 is 18.7 Å². The zero-order valence-electron chi connectivity index (χ0n) is 17.6. The van der Waals surface area contributed by atoms with Gasteiger partial charge in [-0.1, -0.05) is 0 Å². The Hall–Kier alpha value is -3.15. The Kier molecular flexibility index (Phi) is 6.25. The summed E-state index contributed by atoms with van der Waals surface area (Å²) >= 11 is 0. The summed E-state index contributed by atoms with van der Waals surface area (Å²) in [6.07, 6.45) is 1.63. The molecule has 1 aliphatic heterocycles. The molecule has 30 heavy (non-hydrogen) atoms. The highest BCUT2D eigenvalue weighted by atomic mass is 19.1. The number of likely N-dealkylation sites (tertiary alicyclic amines) is 1. The highest BCUT2D eigenvalue weighted by molar-refractivity contribution is 5.68. The van der Waals surface area contributed by atoms with Crippen molar-refractivity contribution in [2.75, 3.05) is 13.1 Å². The second kappa shape index (κ2) is 8.69. The van der Waals surface area contributed by atoms with E-state index in [1.54, 1.807) is 39.1 Å². The van der Waals surface area contributed by atoms with E-state index in [0.717, 1.165) is 5.69 Å². The Bertz CT molecular complexity index is 947. The van der Waals surface area contributed by atoms with Crippen LogP contribution in [0.15, 0.2) is 24.5 Å². The summed E-state index contributed by atoms with van der Waals surface area (Å²) in [6.45, 7) is 7.48. The van der Waals surface area contributed by atoms with E-state index in [2.05, 4.69) is 16.2 Å². The third-order valence-electron chi connectivity index (χ3n) is 4.79. The fraction of sp³-hybridized carbons (Fsp3) is 0.524. The maximum atomic E-state index is 14.9. The smallest absolute Gasteiger partial charge is 0.410 e. The molecule has 1 amide bonds. The molecule has 160 valence electrons. The van der Waals surface area contributed by atoms with Gasteiger partial charge in [0, 0.05) is 18.3 Å². The lowest BCUT2D eigenvalue weighted by Gasteiger charge is -2.35. The maximum Gasteiger partial charge on any atom is 0.410 e. The lowest BCUT2D eigenvalue weighted by molar-refractivity contribution is 0.00568. The van der Waals surface area contributed by atoms with Crippen LogP contribution in [-0.2, 0) is 11.3 Å². The van der Waals surface area contributed by atoms with Gasteiger partial charge in [0.05, 0.1) is 24.5 Å². The van der Waals surface area contributed by atoms with Crippen LogP contribution in [0, 0.1) is 18.3 Å². The van der Waals surface area contributed by atoms with E-state index < -0.39 is 23.9 Å². The molecule has 0 saturated carbocycles. The molecule has 0 spiro atoms. The number of halogens is 1. The van der Waals surface area contributed by atoms with Gasteiger partial charge in [-0.05, 0) is 46.2 Å². The van der Waals surface area contributed by atoms with Crippen LogP contribution in [0.3, 0.4) is 0 Å². The van der Waals surface area contributed by atoms with Gasteiger partial charge in [-0.3, -0.25) is 4.98 Å². The number of amides is 1. The Morgan fingerprint density at radius 2 is 2.20 bits per heavy atom. The molecule has 0 aliphatic carbocycles. The first-order valence-corrected chi connectivity index (χ1v) is 9.82. The van der Waals surface area contributed by atoms with Crippen molar-refractivity contribution in [1.29, 1.82) is 5.26 Å². The SMILES string of the molecule is Cc1ncccc1OCc1cnn([C@H]2CCN(C(=O)OC(C)(C)C)C[C@@H]2F)c1C#N. The second-order valence-corrected chi connectivity index (χ2v) is 8.25. The molecule has 3 rings (SSSR count). The predicted molar refractivity (Wildman–Crippen MR) is 107 cm³/mol. The van der Waals surface area contributed by atoms with Gasteiger partial charge in [0.25, 0.3) is 0 Å². The number of piperidine rings is 1. The molecule has 2 aromatic rings. The minimum atomic E-state index is -1.37. The summed E-state index contributed by atoms with van der Waals surface area (Å²) < 4.78 is 27.4. The topological polar surface area (TPSA) is 93.3 Å². The minimum Gasteiger partial charge on any atom is -0.487 e. The number of carbonyl (C=O) groups is 1. The molecule has 0 aromatic carbocycles. The van der Waals surface area contributed by atoms with Gasteiger partial charge in [-0.25, -0.2) is 13.9 Å². The second-order valence-electron chi connectivity index (χ2n) is 8.25. The Balaban J connectivity index is 1.69. The van der Waals surface area contributed by atoms with Crippen molar-refractivity contribution in [3.05, 3.63) is 41.5 Å². The molecule has 8 nitrogen and oxygen atoms in total. The number of nitrogens with zero attached hydrogens (tertiary/aromatic N) is 5. The van der Waals surface area contributed by atoms with Crippen LogP contribution in [0.5, 0.6) is 5.75 Å². The van der Waals surface area contributed by atoms with Crippen molar-refractivity contribution in [3.8, 4) is 11.8 Å². The van der Waals surface area contributed by atoms with E-state index in [4.69, 9.17) is 9.47 Å². The molecule has 2 aromatic heterocycles. The molecular weight excluding hydrogens is 389 g/mol. The number of alkyl halides is 1. The van der Waals surface area contributed by atoms with Gasteiger partial charge >= 0.3 is 6.09 Å². The molecule has 9 heteroatoms. The number of hydrogen-bond acceptors (Lipinski definition) is 6. The molecule has 2 atom stereocenters. The zero-order chi connectivity index (χ0) is 21.9. The van der Waals surface area contributed by atoms with Gasteiger partial charge in [-0.15, -0.1) is 0 Å². The molecule has 1 aliphatic rings. The number of nitriles is 1. The first-order chi connectivity index (χ1) is 14.2. The van der Waals surface area contributed by atoms with Crippen molar-refractivity contribution in [3.63, 3.8) is 0 Å². The van der Waals surface area contributed by atoms with E-state index in [9.17, 15) is 14.4 Å². The van der Waals surface area contributed by atoms with E-state index in [-0.39, 0.29) is 18.8 Å². The Labute approximate surface area is 175 Å². The van der Waals surface area contributed by atoms with Crippen LogP contribution in [0.25, 0.3) is 0 Å². The van der Waals surface area contributed by atoms with E-state index >= 15 is 0 Å². The minimum absolute atomic E-state index is 0.106. The summed E-state index contributed by atoms with van der Waals surface area (Å²) in [6, 6.07) is 5.04. The van der Waals surface area contributed by atoms with Crippen LogP contribution in [0.4, 0.5) is 9.18 Å². The van der Waals surface area contributed by atoms with E-state index in [1.165, 1.54) is 15.8 Å². The monoisotopic (exact) mass is 415 g/mol. The van der Waals surface area contributed by atoms with E-state index in [0.29, 0.717) is 24.3 Å². The first kappa shape index (κ1) is 21.6. The lowest BCUT2D eigenvalue weighted by atomic mass is 10.0. The molecule has 0 bridgehead atoms. The van der Waals surface area contributed by atoms with Crippen LogP contribution in [0.1, 0.15) is 50.2 Å². The number of carbonyl (C=O) groups excluding carboxylic acids is 1. The molecule has 0 unspecified atom stereocenters. The lowest BCUT2D eigenvalue weighted by Crippen LogP contribution is -2.47. The highest BCUT2D eigenvalue weighted by Crippen LogP contribution is 2.28. The highest BCUT2D eigenvalue weighted by Gasteiger charge is 2.36. The average Bonchev–Trinajstić information content (AvgIpc) is 3.08. The average molecular weight is 415 g/mol. The van der Waals surface area contributed by atoms with Crippen molar-refractivity contribution >= 4 is 6.09 Å².